The first-order chi connectivity index (χ1) is 5.83. The lowest BCUT2D eigenvalue weighted by molar-refractivity contribution is 0.143. The second-order valence-electron chi connectivity index (χ2n) is 2.14. The monoisotopic (exact) mass is 169 g/mol. The summed E-state index contributed by atoms with van der Waals surface area (Å²) in [6.45, 7) is 1.00. The minimum Gasteiger partial charge on any atom is -0.474 e. The van der Waals surface area contributed by atoms with Crippen molar-refractivity contribution < 1.29 is 9.47 Å². The van der Waals surface area contributed by atoms with Crippen LogP contribution in [0.5, 0.6) is 5.88 Å². The summed E-state index contributed by atoms with van der Waals surface area (Å²) in [6.07, 6.45) is 0. The molecular weight excluding hydrogens is 158 g/mol. The van der Waals surface area contributed by atoms with Crippen LogP contribution in [0.3, 0.4) is 0 Å². The summed E-state index contributed by atoms with van der Waals surface area (Å²) in [5.41, 5.74) is 5.33. The highest BCUT2D eigenvalue weighted by Crippen LogP contribution is 2.04. The SMILES string of the molecule is COCCOc1ccc(N)nn1. The maximum Gasteiger partial charge on any atom is 0.233 e. The van der Waals surface area contributed by atoms with E-state index in [1.54, 1.807) is 19.2 Å². The quantitative estimate of drug-likeness (QED) is 0.646. The highest BCUT2D eigenvalue weighted by atomic mass is 16.5. The van der Waals surface area contributed by atoms with Crippen molar-refractivity contribution in [2.24, 2.45) is 0 Å². The summed E-state index contributed by atoms with van der Waals surface area (Å²) in [5.74, 6) is 0.843. The zero-order valence-corrected chi connectivity index (χ0v) is 6.86. The first-order valence-electron chi connectivity index (χ1n) is 3.54. The van der Waals surface area contributed by atoms with E-state index in [2.05, 4.69) is 10.2 Å². The van der Waals surface area contributed by atoms with Crippen LogP contribution in [0, 0.1) is 0 Å². The van der Waals surface area contributed by atoms with Crippen LogP contribution < -0.4 is 10.5 Å². The van der Waals surface area contributed by atoms with Gasteiger partial charge in [-0.1, -0.05) is 0 Å². The number of nitrogens with zero attached hydrogens (tertiary/aromatic N) is 2. The summed E-state index contributed by atoms with van der Waals surface area (Å²) in [7, 11) is 1.61. The van der Waals surface area contributed by atoms with Crippen LogP contribution in [0.2, 0.25) is 0 Å². The van der Waals surface area contributed by atoms with Crippen LogP contribution in [0.1, 0.15) is 0 Å². The van der Waals surface area contributed by atoms with Crippen molar-refractivity contribution in [2.45, 2.75) is 0 Å². The Balaban J connectivity index is 2.37. The summed E-state index contributed by atoms with van der Waals surface area (Å²) in [5, 5.41) is 7.32. The largest absolute Gasteiger partial charge is 0.474 e. The van der Waals surface area contributed by atoms with E-state index in [0.717, 1.165) is 0 Å². The molecule has 5 nitrogen and oxygen atoms in total. The van der Waals surface area contributed by atoms with Crippen molar-refractivity contribution in [3.8, 4) is 5.88 Å². The van der Waals surface area contributed by atoms with E-state index in [9.17, 15) is 0 Å². The van der Waals surface area contributed by atoms with Crippen molar-refractivity contribution in [3.63, 3.8) is 0 Å². The average molecular weight is 169 g/mol. The lowest BCUT2D eigenvalue weighted by Crippen LogP contribution is -2.06. The number of ether oxygens (including phenoxy) is 2. The van der Waals surface area contributed by atoms with Gasteiger partial charge in [-0.15, -0.1) is 10.2 Å². The highest BCUT2D eigenvalue weighted by molar-refractivity contribution is 5.27. The molecule has 1 heterocycles. The lowest BCUT2D eigenvalue weighted by Gasteiger charge is -2.02. The van der Waals surface area contributed by atoms with Crippen LogP contribution in [0.25, 0.3) is 0 Å². The molecule has 12 heavy (non-hydrogen) atoms. The van der Waals surface area contributed by atoms with Gasteiger partial charge in [0.15, 0.2) is 0 Å². The molecule has 1 rings (SSSR count). The van der Waals surface area contributed by atoms with Crippen LogP contribution in [-0.2, 0) is 4.74 Å². The predicted molar refractivity (Wildman–Crippen MR) is 43.8 cm³/mol. The van der Waals surface area contributed by atoms with Crippen LogP contribution in [0.4, 0.5) is 5.82 Å². The van der Waals surface area contributed by atoms with Gasteiger partial charge in [-0.25, -0.2) is 0 Å². The molecule has 0 aromatic carbocycles. The molecule has 0 saturated heterocycles. The Morgan fingerprint density at radius 3 is 2.75 bits per heavy atom. The second-order valence-corrected chi connectivity index (χ2v) is 2.14. The van der Waals surface area contributed by atoms with Crippen molar-refractivity contribution in [1.29, 1.82) is 0 Å². The number of anilines is 1. The number of rotatable bonds is 4. The predicted octanol–water partition coefficient (Wildman–Crippen LogP) is 0.0840. The third-order valence-corrected chi connectivity index (χ3v) is 1.20. The second kappa shape index (κ2) is 4.50. The van der Waals surface area contributed by atoms with E-state index in [0.29, 0.717) is 24.9 Å². The van der Waals surface area contributed by atoms with Crippen molar-refractivity contribution in [2.75, 3.05) is 26.1 Å². The molecule has 1 aromatic heterocycles. The molecule has 0 aliphatic heterocycles. The fourth-order valence-electron chi connectivity index (χ4n) is 0.637. The molecule has 1 aromatic rings. The van der Waals surface area contributed by atoms with E-state index in [4.69, 9.17) is 15.2 Å². The van der Waals surface area contributed by atoms with Gasteiger partial charge >= 0.3 is 0 Å². The fraction of sp³-hybridized carbons (Fsp3) is 0.429. The van der Waals surface area contributed by atoms with Gasteiger partial charge in [0.2, 0.25) is 5.88 Å². The maximum absolute atomic E-state index is 5.33. The molecular formula is C7H11N3O2. The molecule has 0 atom stereocenters. The zero-order valence-electron chi connectivity index (χ0n) is 6.86. The maximum atomic E-state index is 5.33. The summed E-state index contributed by atoms with van der Waals surface area (Å²) in [6, 6.07) is 3.30. The molecule has 0 unspecified atom stereocenters. The molecule has 0 aliphatic rings. The Kier molecular flexibility index (Phi) is 3.28. The summed E-state index contributed by atoms with van der Waals surface area (Å²) >= 11 is 0. The lowest BCUT2D eigenvalue weighted by atomic mass is 10.5. The fourth-order valence-corrected chi connectivity index (χ4v) is 0.637. The van der Waals surface area contributed by atoms with Gasteiger partial charge in [0.05, 0.1) is 6.61 Å². The van der Waals surface area contributed by atoms with Crippen LogP contribution in [-0.4, -0.2) is 30.5 Å². The molecule has 0 fully saturated rings. The Labute approximate surface area is 70.5 Å². The molecule has 5 heteroatoms. The van der Waals surface area contributed by atoms with E-state index in [-0.39, 0.29) is 0 Å². The number of hydrogen-bond donors (Lipinski definition) is 1. The Hall–Kier alpha value is -1.36. The average Bonchev–Trinajstić information content (AvgIpc) is 2.09. The first-order valence-corrected chi connectivity index (χ1v) is 3.54. The molecule has 0 bridgehead atoms. The smallest absolute Gasteiger partial charge is 0.233 e. The van der Waals surface area contributed by atoms with Gasteiger partial charge in [0, 0.05) is 13.2 Å². The Bertz CT molecular complexity index is 225. The van der Waals surface area contributed by atoms with Gasteiger partial charge in [-0.2, -0.15) is 0 Å². The number of nitrogens with two attached hydrogens (primary N) is 1. The van der Waals surface area contributed by atoms with E-state index >= 15 is 0 Å². The highest BCUT2D eigenvalue weighted by Gasteiger charge is 1.94. The van der Waals surface area contributed by atoms with Crippen molar-refractivity contribution >= 4 is 5.82 Å². The van der Waals surface area contributed by atoms with E-state index < -0.39 is 0 Å². The third-order valence-electron chi connectivity index (χ3n) is 1.20. The molecule has 66 valence electrons. The normalized spacial score (nSPS) is 9.75. The summed E-state index contributed by atoms with van der Waals surface area (Å²) < 4.78 is 9.94. The Morgan fingerprint density at radius 2 is 2.17 bits per heavy atom. The summed E-state index contributed by atoms with van der Waals surface area (Å²) in [4.78, 5) is 0. The minimum atomic E-state index is 0.383. The van der Waals surface area contributed by atoms with Gasteiger partial charge in [0.25, 0.3) is 0 Å². The van der Waals surface area contributed by atoms with Gasteiger partial charge in [0.1, 0.15) is 12.4 Å². The molecule has 0 spiro atoms. The first kappa shape index (κ1) is 8.73. The zero-order chi connectivity index (χ0) is 8.81. The topological polar surface area (TPSA) is 70.3 Å². The number of nitrogen functional groups attached to an aromatic ring is 1. The minimum absolute atomic E-state index is 0.383. The molecule has 0 amide bonds. The molecule has 0 radical (unpaired) electrons. The number of methoxy groups -OCH3 is 1. The van der Waals surface area contributed by atoms with Gasteiger partial charge in [-0.05, 0) is 6.07 Å². The number of hydrogen-bond acceptors (Lipinski definition) is 5. The van der Waals surface area contributed by atoms with Crippen molar-refractivity contribution in [1.82, 2.24) is 10.2 Å². The van der Waals surface area contributed by atoms with Crippen LogP contribution >= 0.6 is 0 Å². The van der Waals surface area contributed by atoms with Crippen LogP contribution in [0.15, 0.2) is 12.1 Å². The number of aromatic nitrogens is 2. The van der Waals surface area contributed by atoms with E-state index in [1.807, 2.05) is 0 Å². The van der Waals surface area contributed by atoms with E-state index in [1.165, 1.54) is 0 Å². The van der Waals surface area contributed by atoms with Crippen molar-refractivity contribution in [3.05, 3.63) is 12.1 Å². The third kappa shape index (κ3) is 2.71. The Morgan fingerprint density at radius 1 is 1.33 bits per heavy atom. The van der Waals surface area contributed by atoms with Gasteiger partial charge < -0.3 is 15.2 Å². The standard InChI is InChI=1S/C7H11N3O2/c1-11-4-5-12-7-3-2-6(8)9-10-7/h2-3H,4-5H2,1H3,(H2,8,9). The molecule has 0 saturated carbocycles. The molecule has 2 N–H and O–H groups in total. The molecule has 0 aliphatic carbocycles. The van der Waals surface area contributed by atoms with Gasteiger partial charge in [-0.3, -0.25) is 0 Å².